The van der Waals surface area contributed by atoms with Crippen LogP contribution in [0.1, 0.15) is 12.8 Å². The lowest BCUT2D eigenvalue weighted by atomic mass is 10.0. The second-order valence-electron chi connectivity index (χ2n) is 6.44. The summed E-state index contributed by atoms with van der Waals surface area (Å²) < 4.78 is 12.1. The maximum atomic E-state index is 12.1. The van der Waals surface area contributed by atoms with Crippen LogP contribution in [0.2, 0.25) is 0 Å². The molecule has 30 heavy (non-hydrogen) atoms. The van der Waals surface area contributed by atoms with E-state index in [1.54, 1.807) is 0 Å². The number of aliphatic carboxylic acids is 2. The molecular formula is C13H19N5O11S. The molecule has 1 aliphatic rings. The van der Waals surface area contributed by atoms with Gasteiger partial charge in [-0.05, 0) is 17.6 Å². The third-order valence-corrected chi connectivity index (χ3v) is 5.46. The van der Waals surface area contributed by atoms with Crippen molar-refractivity contribution in [1.82, 2.24) is 10.2 Å². The predicted octanol–water partition coefficient (Wildman–Crippen LogP) is -3.41. The van der Waals surface area contributed by atoms with Gasteiger partial charge >= 0.3 is 17.6 Å². The minimum absolute atomic E-state index is 0.265. The smallest absolute Gasteiger partial charge is 0.492 e. The molecule has 5 N–H and O–H groups in total. The van der Waals surface area contributed by atoms with Crippen molar-refractivity contribution in [1.29, 1.82) is 0 Å². The average molecular weight is 453 g/mol. The summed E-state index contributed by atoms with van der Waals surface area (Å²) in [5, 5.41) is 41.4. The van der Waals surface area contributed by atoms with E-state index < -0.39 is 93.5 Å². The summed E-state index contributed by atoms with van der Waals surface area (Å²) in [4.78, 5) is 65.6. The zero-order valence-electron chi connectivity index (χ0n) is 15.3. The van der Waals surface area contributed by atoms with E-state index in [-0.39, 0.29) is 6.42 Å². The van der Waals surface area contributed by atoms with Gasteiger partial charge in [-0.1, -0.05) is 0 Å². The van der Waals surface area contributed by atoms with Crippen molar-refractivity contribution in [2.45, 2.75) is 30.6 Å². The topological polar surface area (TPSA) is 259 Å². The molecule has 1 saturated heterocycles. The zero-order chi connectivity index (χ0) is 23.2. The fourth-order valence-electron chi connectivity index (χ4n) is 2.36. The summed E-state index contributed by atoms with van der Waals surface area (Å²) in [6.07, 6.45) is -0.668. The van der Waals surface area contributed by atoms with Crippen LogP contribution in [-0.2, 0) is 30.4 Å². The van der Waals surface area contributed by atoms with Gasteiger partial charge < -0.3 is 30.7 Å². The number of nitrogens with one attached hydrogen (secondary N) is 1. The molecule has 17 heteroatoms. The number of nitrogens with two attached hydrogens (primary N) is 1. The van der Waals surface area contributed by atoms with Crippen LogP contribution < -0.4 is 11.1 Å². The van der Waals surface area contributed by atoms with Crippen LogP contribution in [-0.4, -0.2) is 95.6 Å². The third-order valence-electron chi connectivity index (χ3n) is 4.19. The van der Waals surface area contributed by atoms with E-state index in [4.69, 9.17) is 15.9 Å². The highest BCUT2D eigenvalue weighted by atomic mass is 32.2. The minimum atomic E-state index is -2.52. The van der Waals surface area contributed by atoms with Gasteiger partial charge in [-0.15, -0.1) is 0 Å². The van der Waals surface area contributed by atoms with Crippen LogP contribution in [0.15, 0.2) is 0 Å². The summed E-state index contributed by atoms with van der Waals surface area (Å²) in [6, 6.07) is -2.98. The SMILES string of the molecule is NC(CCC(=O)NC(C[S+]([O-])CC(=O)N1CC([N+](=O)[O-])([N+](=O)[O-])C1)C(=O)O)C(=O)O. The van der Waals surface area contributed by atoms with Gasteiger partial charge in [0.15, 0.2) is 24.9 Å². The molecule has 1 fully saturated rings. The van der Waals surface area contributed by atoms with Gasteiger partial charge in [0, 0.05) is 6.42 Å². The van der Waals surface area contributed by atoms with E-state index in [0.29, 0.717) is 0 Å². The first-order valence-corrected chi connectivity index (χ1v) is 9.71. The van der Waals surface area contributed by atoms with E-state index in [2.05, 4.69) is 0 Å². The Labute approximate surface area is 170 Å². The molecule has 1 heterocycles. The maximum Gasteiger partial charge on any atom is 0.492 e. The lowest BCUT2D eigenvalue weighted by molar-refractivity contribution is -0.809. The molecule has 3 atom stereocenters. The number of amides is 2. The lowest BCUT2D eigenvalue weighted by Crippen LogP contribution is -2.71. The number of nitrogens with zero attached hydrogens (tertiary/aromatic N) is 3. The number of hydrogen-bond donors (Lipinski definition) is 4. The molecule has 0 spiro atoms. The molecule has 1 aliphatic heterocycles. The Kier molecular flexibility index (Phi) is 8.43. The number of carboxylic acids is 2. The average Bonchev–Trinajstić information content (AvgIpc) is 2.56. The van der Waals surface area contributed by atoms with E-state index >= 15 is 0 Å². The van der Waals surface area contributed by atoms with Crippen molar-refractivity contribution >= 4 is 34.9 Å². The van der Waals surface area contributed by atoms with Crippen LogP contribution in [0.5, 0.6) is 0 Å². The quantitative estimate of drug-likeness (QED) is 0.0974. The normalized spacial score (nSPS) is 17.7. The molecule has 0 bridgehead atoms. The Morgan fingerprint density at radius 2 is 1.67 bits per heavy atom. The molecule has 0 aliphatic carbocycles. The number of nitro groups is 2. The van der Waals surface area contributed by atoms with Gasteiger partial charge in [0.25, 0.3) is 5.91 Å². The van der Waals surface area contributed by atoms with Crippen molar-refractivity contribution in [3.8, 4) is 0 Å². The highest BCUT2D eigenvalue weighted by Crippen LogP contribution is 2.25. The molecule has 3 unspecified atom stereocenters. The largest absolute Gasteiger partial charge is 0.616 e. The number of hydrogen-bond acceptors (Lipinski definition) is 10. The van der Waals surface area contributed by atoms with E-state index in [1.807, 2.05) is 5.32 Å². The Morgan fingerprint density at radius 1 is 1.13 bits per heavy atom. The van der Waals surface area contributed by atoms with Crippen molar-refractivity contribution < 1.29 is 43.8 Å². The van der Waals surface area contributed by atoms with Crippen LogP contribution in [0.25, 0.3) is 0 Å². The van der Waals surface area contributed by atoms with Crippen molar-refractivity contribution in [3.63, 3.8) is 0 Å². The van der Waals surface area contributed by atoms with Gasteiger partial charge in [-0.2, -0.15) is 0 Å². The molecule has 0 aromatic carbocycles. The Bertz CT molecular complexity index is 725. The summed E-state index contributed by atoms with van der Waals surface area (Å²) in [6.45, 7) is -1.63. The summed E-state index contributed by atoms with van der Waals surface area (Å²) >= 11 is -2.12. The highest BCUT2D eigenvalue weighted by molar-refractivity contribution is 7.92. The summed E-state index contributed by atoms with van der Waals surface area (Å²) in [5.41, 5.74) is 2.70. The lowest BCUT2D eigenvalue weighted by Gasteiger charge is -2.35. The second kappa shape index (κ2) is 10.1. The monoisotopic (exact) mass is 453 g/mol. The molecule has 0 radical (unpaired) electrons. The predicted molar refractivity (Wildman–Crippen MR) is 95.6 cm³/mol. The summed E-state index contributed by atoms with van der Waals surface area (Å²) in [5.74, 6) is -6.10. The zero-order valence-corrected chi connectivity index (χ0v) is 16.1. The van der Waals surface area contributed by atoms with Gasteiger partial charge in [-0.3, -0.25) is 34.6 Å². The number of carbonyl (C=O) groups excluding carboxylic acids is 2. The molecule has 2 amide bonds. The number of carbonyl (C=O) groups is 4. The molecule has 0 aromatic heterocycles. The van der Waals surface area contributed by atoms with Crippen molar-refractivity contribution in [2.75, 3.05) is 24.6 Å². The van der Waals surface area contributed by atoms with Gasteiger partial charge in [0.05, 0.1) is 0 Å². The molecule has 0 saturated carbocycles. The van der Waals surface area contributed by atoms with Crippen LogP contribution in [0.4, 0.5) is 0 Å². The van der Waals surface area contributed by atoms with Crippen LogP contribution >= 0.6 is 0 Å². The molecule has 1 rings (SSSR count). The van der Waals surface area contributed by atoms with Crippen molar-refractivity contribution in [3.05, 3.63) is 20.2 Å². The number of carboxylic acid groups (broad SMARTS) is 2. The molecule has 16 nitrogen and oxygen atoms in total. The first-order chi connectivity index (χ1) is 13.8. The molecular weight excluding hydrogens is 434 g/mol. The number of likely N-dealkylation sites (tertiary alicyclic amines) is 1. The second-order valence-corrected chi connectivity index (χ2v) is 7.94. The van der Waals surface area contributed by atoms with Crippen molar-refractivity contribution in [2.24, 2.45) is 5.73 Å². The van der Waals surface area contributed by atoms with Crippen LogP contribution in [0, 0.1) is 20.2 Å². The first kappa shape index (κ1) is 25.0. The van der Waals surface area contributed by atoms with Gasteiger partial charge in [-0.25, -0.2) is 4.79 Å². The van der Waals surface area contributed by atoms with Crippen LogP contribution in [0.3, 0.4) is 0 Å². The Morgan fingerprint density at radius 3 is 2.10 bits per heavy atom. The van der Waals surface area contributed by atoms with Gasteiger partial charge in [0.1, 0.15) is 21.6 Å². The fourth-order valence-corrected chi connectivity index (χ4v) is 3.54. The molecule has 0 aromatic rings. The molecule has 168 valence electrons. The van der Waals surface area contributed by atoms with E-state index in [0.717, 1.165) is 4.90 Å². The maximum absolute atomic E-state index is 12.1. The highest BCUT2D eigenvalue weighted by Gasteiger charge is 2.67. The van der Waals surface area contributed by atoms with E-state index in [9.17, 15) is 44.0 Å². The minimum Gasteiger partial charge on any atom is -0.616 e. The van der Waals surface area contributed by atoms with E-state index in [1.165, 1.54) is 0 Å². The third kappa shape index (κ3) is 6.22. The number of rotatable bonds is 12. The Balaban J connectivity index is 2.55. The Hall–Kier alpha value is -3.05. The standard InChI is InChI=1S/C13H19N5O11S/c14-7(11(21)22)1-2-9(19)15-8(12(23)24)3-30(29)4-10(20)16-5-13(6-16,17(25)26)18(27)28/h7-8H,1-6,14H2,(H,15,19)(H,21,22)(H,23,24). The fraction of sp³-hybridized carbons (Fsp3) is 0.692. The first-order valence-electron chi connectivity index (χ1n) is 8.22. The van der Waals surface area contributed by atoms with Gasteiger partial charge in [0.2, 0.25) is 5.91 Å². The summed E-state index contributed by atoms with van der Waals surface area (Å²) in [7, 11) is 0.